The van der Waals surface area contributed by atoms with Crippen LogP contribution in [0, 0.1) is 5.92 Å². The van der Waals surface area contributed by atoms with Gasteiger partial charge in [0.05, 0.1) is 39.1 Å². The Morgan fingerprint density at radius 1 is 0.536 bits per heavy atom. The fourth-order valence-corrected chi connectivity index (χ4v) is 13.6. The van der Waals surface area contributed by atoms with E-state index < -0.39 is 126 Å². The Morgan fingerprint density at radius 2 is 1.01 bits per heavy atom. The number of hydrogen-bond donors (Lipinski definition) is 15. The Balaban J connectivity index is 1.09. The molecule has 602 valence electrons. The molecule has 0 unspecified atom stereocenters. The van der Waals surface area contributed by atoms with E-state index >= 15 is 9.59 Å². The molecule has 0 aromatic heterocycles. The van der Waals surface area contributed by atoms with E-state index in [1.807, 2.05) is 68.4 Å². The normalized spacial score (nSPS) is 16.0. The number of nitrogens with zero attached hydrogens (tertiary/aromatic N) is 4. The summed E-state index contributed by atoms with van der Waals surface area (Å²) in [7, 11) is 0. The molecule has 2 aliphatic rings. The van der Waals surface area contributed by atoms with Gasteiger partial charge in [0.15, 0.2) is 5.96 Å². The fraction of sp³-hybridized carbons (Fsp3) is 0.444. The Hall–Kier alpha value is -10.6. The number of anilines is 1. The summed E-state index contributed by atoms with van der Waals surface area (Å²) in [6.45, 7) is 7.26. The third-order valence-electron chi connectivity index (χ3n) is 19.6. The molecule has 0 aliphatic carbocycles. The van der Waals surface area contributed by atoms with Crippen LogP contribution in [0.4, 0.5) is 5.69 Å². The first-order chi connectivity index (χ1) is 53.8. The lowest BCUT2D eigenvalue weighted by atomic mass is 9.98. The van der Waals surface area contributed by atoms with E-state index in [2.05, 4.69) is 52.4 Å². The lowest BCUT2D eigenvalue weighted by Crippen LogP contribution is -2.61. The highest BCUT2D eigenvalue weighted by atomic mass is 35.5. The van der Waals surface area contributed by atoms with Crippen LogP contribution in [0.5, 0.6) is 0 Å². The first-order valence-electron chi connectivity index (χ1n) is 37.9. The van der Waals surface area contributed by atoms with E-state index in [0.717, 1.165) is 21.9 Å². The molecule has 0 spiro atoms. The highest BCUT2D eigenvalue weighted by molar-refractivity contribution is 6.30. The molecule has 19 N–H and O–H groups in total. The van der Waals surface area contributed by atoms with Crippen molar-refractivity contribution in [2.75, 3.05) is 77.2 Å². The van der Waals surface area contributed by atoms with Gasteiger partial charge < -0.3 is 95.3 Å². The molecule has 31 heteroatoms. The SMILES string of the molecule is CC(C)C[C@H](NC(=O)[C@@H](Cc1ccc(CN2CCOCC2)cc1)NC(=O)[C@H](Cc1ccc(N(CCO)CCO)cc1)NC(=O)[C@H](CO)NC(=O)[C@@H](Cc1ccccc1)NC(=O)[C@@H](Cc1ccc(Cl)cc1)NC(=O)[C@H](N)Cc1cccc2ccccc12)C(=O)N[C@@H](CCCN=C(N)N)C(=O)N1CCC[C@H]1C(=O)N[C@H](C)C(N)=O. The van der Waals surface area contributed by atoms with Crippen LogP contribution in [-0.4, -0.2) is 223 Å². The Labute approximate surface area is 657 Å². The summed E-state index contributed by atoms with van der Waals surface area (Å²) in [5.74, 6) is -8.55. The quantitative estimate of drug-likeness (QED) is 0.0140. The van der Waals surface area contributed by atoms with Gasteiger partial charge >= 0.3 is 0 Å². The lowest BCUT2D eigenvalue weighted by molar-refractivity contribution is -0.142. The number of guanidine groups is 1. The van der Waals surface area contributed by atoms with Crippen molar-refractivity contribution >= 4 is 93.1 Å². The van der Waals surface area contributed by atoms with Crippen molar-refractivity contribution in [3.05, 3.63) is 184 Å². The highest BCUT2D eigenvalue weighted by Crippen LogP contribution is 2.24. The maximum atomic E-state index is 15.5. The number of aliphatic hydroxyl groups is 3. The number of morpholine rings is 1. The zero-order valence-corrected chi connectivity index (χ0v) is 64.3. The van der Waals surface area contributed by atoms with Crippen LogP contribution in [0.2, 0.25) is 5.02 Å². The second-order valence-corrected chi connectivity index (χ2v) is 29.1. The van der Waals surface area contributed by atoms with Crippen molar-refractivity contribution in [1.29, 1.82) is 0 Å². The predicted octanol–water partition coefficient (Wildman–Crippen LogP) is 0.424. The van der Waals surface area contributed by atoms with Crippen LogP contribution in [0.15, 0.2) is 151 Å². The summed E-state index contributed by atoms with van der Waals surface area (Å²) in [5, 5.41) is 55.2. The molecule has 2 saturated heterocycles. The number of aliphatic imine (C=N–C) groups is 1. The second kappa shape index (κ2) is 43.9. The van der Waals surface area contributed by atoms with Gasteiger partial charge in [0.25, 0.3) is 0 Å². The van der Waals surface area contributed by atoms with Gasteiger partial charge in [0, 0.05) is 82.2 Å². The molecule has 8 rings (SSSR count). The molecule has 0 bridgehead atoms. The van der Waals surface area contributed by atoms with E-state index in [-0.39, 0.29) is 109 Å². The zero-order valence-electron chi connectivity index (χ0n) is 63.6. The third-order valence-corrected chi connectivity index (χ3v) is 19.9. The van der Waals surface area contributed by atoms with E-state index in [0.29, 0.717) is 72.2 Å². The standard InChI is InChI=1S/C81H107ClN16O14/c1-50(2)42-64(73(104)89-63(18-10-32-87-81(85)86)80(111)98-33-11-19-70(98)79(110)88-51(3)71(84)102)91-75(106)67(44-53-20-22-56(23-21-53)48-96-36-40-112-41-37-96)93-76(107)68(46-55-26-30-60(31-27-55)97(34-38-99)35-39-100)94-78(109)69(49-101)95-77(108)66(43-52-12-5-4-6-13-52)92-74(105)65(45-54-24-28-59(82)29-25-54)90-72(103)62(83)47-58-16-9-15-57-14-7-8-17-61(57)58/h4-9,12-17,20-31,50-51,62-70,99-101H,10-11,18-19,32-49,83H2,1-3H3,(H2,84,102)(H,88,110)(H,89,104)(H,90,103)(H,91,106)(H,92,105)(H,93,107)(H,94,109)(H,95,108)(H4,85,86,87)/t51-,62-,63+,64+,65-,66-,67-,68+,69+,70+/m1/s1. The molecular weight excluding hydrogens is 1460 g/mol. The smallest absolute Gasteiger partial charge is 0.245 e. The van der Waals surface area contributed by atoms with E-state index in [1.165, 1.54) is 11.8 Å². The van der Waals surface area contributed by atoms with Gasteiger partial charge in [-0.1, -0.05) is 147 Å². The van der Waals surface area contributed by atoms with Crippen molar-refractivity contribution in [2.24, 2.45) is 33.8 Å². The van der Waals surface area contributed by atoms with Gasteiger partial charge in [-0.2, -0.15) is 0 Å². The van der Waals surface area contributed by atoms with Gasteiger partial charge in [-0.3, -0.25) is 57.8 Å². The molecule has 6 aromatic carbocycles. The van der Waals surface area contributed by atoms with E-state index in [9.17, 15) is 53.7 Å². The van der Waals surface area contributed by atoms with Gasteiger partial charge in [-0.05, 0) is 120 Å². The number of benzene rings is 6. The molecule has 2 fully saturated rings. The number of nitrogens with two attached hydrogens (primary N) is 4. The maximum absolute atomic E-state index is 15.5. The van der Waals surface area contributed by atoms with Gasteiger partial charge in [0.2, 0.25) is 59.1 Å². The molecular formula is C81H107ClN16O14. The number of amides is 10. The molecule has 10 amide bonds. The summed E-state index contributed by atoms with van der Waals surface area (Å²) < 4.78 is 5.56. The molecule has 0 saturated carbocycles. The molecule has 30 nitrogen and oxygen atoms in total. The number of aliphatic hydroxyl groups excluding tert-OH is 3. The number of carbonyl (C=O) groups excluding carboxylic acids is 10. The molecule has 6 aromatic rings. The van der Waals surface area contributed by atoms with E-state index in [4.69, 9.17) is 39.3 Å². The number of carbonyl (C=O) groups is 10. The Morgan fingerprint density at radius 3 is 1.55 bits per heavy atom. The molecule has 112 heavy (non-hydrogen) atoms. The van der Waals surface area contributed by atoms with Gasteiger partial charge in [0.1, 0.15) is 54.4 Å². The van der Waals surface area contributed by atoms with Crippen molar-refractivity contribution in [2.45, 2.75) is 152 Å². The molecule has 10 atom stereocenters. The number of rotatable bonds is 42. The fourth-order valence-electron chi connectivity index (χ4n) is 13.5. The maximum Gasteiger partial charge on any atom is 0.245 e. The monoisotopic (exact) mass is 1560 g/mol. The zero-order chi connectivity index (χ0) is 80.8. The summed E-state index contributed by atoms with van der Waals surface area (Å²) >= 11 is 6.27. The molecule has 2 heterocycles. The van der Waals surface area contributed by atoms with Crippen molar-refractivity contribution in [1.82, 2.24) is 52.3 Å². The topological polar surface area (TPSA) is 463 Å². The Kier molecular flexibility index (Phi) is 34.1. The number of hydrogen-bond acceptors (Lipinski definition) is 18. The van der Waals surface area contributed by atoms with Crippen molar-refractivity contribution in [3.8, 4) is 0 Å². The number of primary amides is 1. The summed E-state index contributed by atoms with van der Waals surface area (Å²) in [4.78, 5) is 154. The summed E-state index contributed by atoms with van der Waals surface area (Å²) in [6.07, 6.45) is 0.257. The lowest BCUT2D eigenvalue weighted by Gasteiger charge is -2.31. The van der Waals surface area contributed by atoms with Crippen LogP contribution >= 0.6 is 11.6 Å². The first-order valence-corrected chi connectivity index (χ1v) is 38.3. The summed E-state index contributed by atoms with van der Waals surface area (Å²) in [6, 6.07) is 29.1. The number of halogens is 1. The first kappa shape index (κ1) is 87.0. The highest BCUT2D eigenvalue weighted by Gasteiger charge is 2.40. The molecule has 2 aliphatic heterocycles. The van der Waals surface area contributed by atoms with Crippen LogP contribution in [-0.2, 0) is 91.3 Å². The number of fused-ring (bicyclic) bond motifs is 1. The van der Waals surface area contributed by atoms with Crippen molar-refractivity contribution in [3.63, 3.8) is 0 Å². The largest absolute Gasteiger partial charge is 0.395 e. The third kappa shape index (κ3) is 26.8. The minimum absolute atomic E-state index is 0.0123. The van der Waals surface area contributed by atoms with Gasteiger partial charge in [-0.25, -0.2) is 0 Å². The second-order valence-electron chi connectivity index (χ2n) is 28.7. The van der Waals surface area contributed by atoms with Crippen LogP contribution in [0.25, 0.3) is 10.8 Å². The average Bonchev–Trinajstić information content (AvgIpc) is 1.59. The predicted molar refractivity (Wildman–Crippen MR) is 425 cm³/mol. The van der Waals surface area contributed by atoms with Crippen LogP contribution < -0.4 is 70.4 Å². The Bertz CT molecular complexity index is 4140. The van der Waals surface area contributed by atoms with Crippen LogP contribution in [0.3, 0.4) is 0 Å². The van der Waals surface area contributed by atoms with Crippen LogP contribution in [0.1, 0.15) is 86.3 Å². The van der Waals surface area contributed by atoms with E-state index in [1.54, 1.807) is 95.9 Å². The van der Waals surface area contributed by atoms with Gasteiger partial charge in [-0.15, -0.1) is 0 Å². The number of nitrogens with one attached hydrogen (secondary N) is 8. The number of ether oxygens (including phenoxy) is 1. The van der Waals surface area contributed by atoms with Crippen molar-refractivity contribution < 1.29 is 68.0 Å². The minimum atomic E-state index is -1.81. The molecule has 0 radical (unpaired) electrons. The minimum Gasteiger partial charge on any atom is -0.395 e. The average molecular weight is 1560 g/mol. The summed E-state index contributed by atoms with van der Waals surface area (Å²) in [5.41, 5.74) is 27.9. The number of likely N-dealkylation sites (tertiary alicyclic amines) is 1.